The molecule has 9 nitrogen and oxygen atoms in total. The van der Waals surface area contributed by atoms with Gasteiger partial charge in [-0.1, -0.05) is 11.4 Å². The summed E-state index contributed by atoms with van der Waals surface area (Å²) in [7, 11) is -1.13. The first-order chi connectivity index (χ1) is 15.0. The van der Waals surface area contributed by atoms with E-state index in [0.717, 1.165) is 5.56 Å². The molecule has 0 aliphatic rings. The van der Waals surface area contributed by atoms with E-state index in [9.17, 15) is 19.5 Å². The maximum atomic E-state index is 12.7. The molecule has 0 radical (unpaired) electrons. The number of rotatable bonds is 9. The van der Waals surface area contributed by atoms with Crippen LogP contribution in [0.1, 0.15) is 38.8 Å². The zero-order valence-corrected chi connectivity index (χ0v) is 19.9. The van der Waals surface area contributed by atoms with Crippen LogP contribution in [-0.2, 0) is 25.0 Å². The summed E-state index contributed by atoms with van der Waals surface area (Å²) in [6, 6.07) is 7.90. The van der Waals surface area contributed by atoms with Crippen molar-refractivity contribution in [3.05, 3.63) is 51.6 Å². The van der Waals surface area contributed by atoms with Gasteiger partial charge < -0.3 is 14.2 Å². The molecule has 0 saturated carbocycles. The maximum Gasteiger partial charge on any atom is 0.559 e. The van der Waals surface area contributed by atoms with Crippen LogP contribution < -0.4 is 14.8 Å². The fraction of sp³-hybridized carbons (Fsp3) is 0.409. The smallest absolute Gasteiger partial charge is 0.497 e. The van der Waals surface area contributed by atoms with E-state index in [2.05, 4.69) is 0 Å². The van der Waals surface area contributed by atoms with Crippen LogP contribution in [0.5, 0.6) is 17.2 Å². The van der Waals surface area contributed by atoms with Crippen molar-refractivity contribution in [2.75, 3.05) is 13.9 Å². The summed E-state index contributed by atoms with van der Waals surface area (Å²) in [5, 5.41) is 11.4. The molecule has 0 aliphatic heterocycles. The molecule has 2 rings (SSSR count). The van der Waals surface area contributed by atoms with Gasteiger partial charge in [-0.25, -0.2) is 0 Å². The lowest BCUT2D eigenvalue weighted by Crippen LogP contribution is -2.23. The fourth-order valence-electron chi connectivity index (χ4n) is 2.66. The van der Waals surface area contributed by atoms with E-state index in [1.165, 1.54) is 12.1 Å². The standard InChI is InChI=1S/C22H27NO8P/c1-7-15-11-17(23(25)26)20(32(27)30-13-29-21(24)22(3,4)5)12-19(15)31-18-9-8-16(28-6)10-14(18)2/h8-12H,7,13H2,1-6H3/q+1. The summed E-state index contributed by atoms with van der Waals surface area (Å²) in [5.74, 6) is 0.961. The number of esters is 1. The second-order valence-corrected chi connectivity index (χ2v) is 9.23. The Balaban J connectivity index is 2.34. The number of ether oxygens (including phenoxy) is 3. The predicted molar refractivity (Wildman–Crippen MR) is 119 cm³/mol. The Morgan fingerprint density at radius 3 is 2.38 bits per heavy atom. The third-order valence-corrected chi connectivity index (χ3v) is 5.60. The average Bonchev–Trinajstić information content (AvgIpc) is 2.73. The third kappa shape index (κ3) is 6.24. The summed E-state index contributed by atoms with van der Waals surface area (Å²) < 4.78 is 34.0. The molecule has 1 atom stereocenters. The highest BCUT2D eigenvalue weighted by molar-refractivity contribution is 7.48. The number of hydrogen-bond donors (Lipinski definition) is 0. The molecule has 0 bridgehead atoms. The molecule has 0 fully saturated rings. The van der Waals surface area contributed by atoms with E-state index in [1.807, 2.05) is 13.8 Å². The number of nitro groups is 1. The average molecular weight is 464 g/mol. The van der Waals surface area contributed by atoms with Crippen molar-refractivity contribution in [3.8, 4) is 17.2 Å². The molecule has 2 aromatic rings. The van der Waals surface area contributed by atoms with Gasteiger partial charge in [0.05, 0.1) is 17.4 Å². The van der Waals surface area contributed by atoms with E-state index in [0.29, 0.717) is 29.2 Å². The quantitative estimate of drug-likeness (QED) is 0.164. The molecule has 0 spiro atoms. The number of carbonyl (C=O) groups excluding carboxylic acids is 1. The molecule has 0 amide bonds. The number of methoxy groups -OCH3 is 1. The highest BCUT2D eigenvalue weighted by atomic mass is 31.1. The summed E-state index contributed by atoms with van der Waals surface area (Å²) in [6.07, 6.45) is 0.451. The van der Waals surface area contributed by atoms with Gasteiger partial charge in [0, 0.05) is 17.7 Å². The van der Waals surface area contributed by atoms with Crippen LogP contribution in [0.3, 0.4) is 0 Å². The Morgan fingerprint density at radius 2 is 1.84 bits per heavy atom. The lowest BCUT2D eigenvalue weighted by molar-refractivity contribution is -0.383. The van der Waals surface area contributed by atoms with E-state index in [4.69, 9.17) is 18.7 Å². The first-order valence-electron chi connectivity index (χ1n) is 9.89. The second kappa shape index (κ2) is 10.5. The summed E-state index contributed by atoms with van der Waals surface area (Å²) in [4.78, 5) is 22.8. The minimum Gasteiger partial charge on any atom is -0.497 e. The molecule has 0 aromatic heterocycles. The molecule has 32 heavy (non-hydrogen) atoms. The Labute approximate surface area is 187 Å². The van der Waals surface area contributed by atoms with Crippen molar-refractivity contribution in [2.24, 2.45) is 5.41 Å². The van der Waals surface area contributed by atoms with Crippen LogP contribution in [0.2, 0.25) is 0 Å². The van der Waals surface area contributed by atoms with Crippen molar-refractivity contribution < 1.29 is 33.0 Å². The van der Waals surface area contributed by atoms with Gasteiger partial charge in [-0.2, -0.15) is 0 Å². The van der Waals surface area contributed by atoms with Crippen LogP contribution in [0.25, 0.3) is 0 Å². The summed E-state index contributed by atoms with van der Waals surface area (Å²) >= 11 is 0. The topological polar surface area (TPSA) is 114 Å². The molecule has 0 aliphatic carbocycles. The molecule has 0 heterocycles. The van der Waals surface area contributed by atoms with Gasteiger partial charge in [-0.05, 0) is 62.4 Å². The predicted octanol–water partition coefficient (Wildman–Crippen LogP) is 5.20. The minimum absolute atomic E-state index is 0.157. The van der Waals surface area contributed by atoms with E-state index < -0.39 is 31.1 Å². The Kier molecular flexibility index (Phi) is 8.30. The van der Waals surface area contributed by atoms with Gasteiger partial charge in [0.2, 0.25) is 6.79 Å². The van der Waals surface area contributed by atoms with Gasteiger partial charge in [0.1, 0.15) is 17.2 Å². The number of aryl methyl sites for hydroxylation is 2. The molecule has 10 heteroatoms. The van der Waals surface area contributed by atoms with Crippen molar-refractivity contribution >= 4 is 25.0 Å². The van der Waals surface area contributed by atoms with Crippen LogP contribution in [-0.4, -0.2) is 24.8 Å². The van der Waals surface area contributed by atoms with Crippen molar-refractivity contribution in [1.29, 1.82) is 0 Å². The molecule has 172 valence electrons. The Morgan fingerprint density at radius 1 is 1.16 bits per heavy atom. The summed E-state index contributed by atoms with van der Waals surface area (Å²) in [5.41, 5.74) is 0.240. The first-order valence-corrected chi connectivity index (χ1v) is 11.1. The van der Waals surface area contributed by atoms with Crippen LogP contribution in [0, 0.1) is 22.5 Å². The van der Waals surface area contributed by atoms with Crippen LogP contribution in [0.4, 0.5) is 5.69 Å². The number of benzene rings is 2. The number of nitro benzene ring substituents is 1. The van der Waals surface area contributed by atoms with Gasteiger partial charge in [-0.15, -0.1) is 0 Å². The largest absolute Gasteiger partial charge is 0.559 e. The van der Waals surface area contributed by atoms with Gasteiger partial charge in [0.15, 0.2) is 0 Å². The fourth-order valence-corrected chi connectivity index (χ4v) is 3.50. The second-order valence-electron chi connectivity index (χ2n) is 7.98. The van der Waals surface area contributed by atoms with Crippen LogP contribution >= 0.6 is 8.03 Å². The molecular formula is C22H27NO8P+. The lowest BCUT2D eigenvalue weighted by Gasteiger charge is -2.14. The van der Waals surface area contributed by atoms with E-state index in [1.54, 1.807) is 46.1 Å². The van der Waals surface area contributed by atoms with Gasteiger partial charge >= 0.3 is 25.0 Å². The molecular weight excluding hydrogens is 437 g/mol. The normalized spacial score (nSPS) is 11.6. The molecule has 0 saturated heterocycles. The maximum absolute atomic E-state index is 12.7. The SMILES string of the molecule is CCc1cc([N+](=O)[O-])c([P+](=O)OCOC(=O)C(C)(C)C)cc1Oc1ccc(OC)cc1C. The molecule has 1 unspecified atom stereocenters. The summed E-state index contributed by atoms with van der Waals surface area (Å²) in [6.45, 7) is 8.06. The van der Waals surface area contributed by atoms with Gasteiger partial charge in [0.25, 0.3) is 0 Å². The van der Waals surface area contributed by atoms with Crippen molar-refractivity contribution in [2.45, 2.75) is 41.0 Å². The Bertz CT molecular complexity index is 1030. The zero-order chi connectivity index (χ0) is 24.1. The Hall–Kier alpha value is -3.03. The van der Waals surface area contributed by atoms with Crippen molar-refractivity contribution in [1.82, 2.24) is 0 Å². The van der Waals surface area contributed by atoms with E-state index >= 15 is 0 Å². The number of nitrogens with zero attached hydrogens (tertiary/aromatic N) is 1. The highest BCUT2D eigenvalue weighted by Gasteiger charge is 2.36. The number of hydrogen-bond acceptors (Lipinski definition) is 8. The highest BCUT2D eigenvalue weighted by Crippen LogP contribution is 2.36. The monoisotopic (exact) mass is 464 g/mol. The van der Waals surface area contributed by atoms with Gasteiger partial charge in [-0.3, -0.25) is 14.9 Å². The molecule has 2 aromatic carbocycles. The molecule has 0 N–H and O–H groups in total. The van der Waals surface area contributed by atoms with Crippen LogP contribution in [0.15, 0.2) is 30.3 Å². The first kappa shape index (κ1) is 25.2. The zero-order valence-electron chi connectivity index (χ0n) is 19.0. The number of carbonyl (C=O) groups is 1. The lowest BCUT2D eigenvalue weighted by atomic mass is 9.98. The minimum atomic E-state index is -2.69. The van der Waals surface area contributed by atoms with Crippen molar-refractivity contribution in [3.63, 3.8) is 0 Å². The third-order valence-electron chi connectivity index (χ3n) is 4.51. The van der Waals surface area contributed by atoms with E-state index in [-0.39, 0.29) is 11.0 Å².